The monoisotopic (exact) mass is 128 g/mol. The van der Waals surface area contributed by atoms with Gasteiger partial charge in [-0.25, -0.2) is 0 Å². The van der Waals surface area contributed by atoms with Crippen LogP contribution in [0.2, 0.25) is 0 Å². The van der Waals surface area contributed by atoms with E-state index < -0.39 is 0 Å². The Morgan fingerprint density at radius 1 is 1.38 bits per heavy atom. The van der Waals surface area contributed by atoms with Crippen molar-refractivity contribution in [2.24, 2.45) is 5.16 Å². The van der Waals surface area contributed by atoms with Gasteiger partial charge >= 0.3 is 0 Å². The van der Waals surface area contributed by atoms with Crippen molar-refractivity contribution < 1.29 is 5.21 Å². The summed E-state index contributed by atoms with van der Waals surface area (Å²) in [4.78, 5) is 0. The number of hydrogen-bond donors (Lipinski definition) is 1. The van der Waals surface area contributed by atoms with Crippen molar-refractivity contribution in [3.8, 4) is 0 Å². The fourth-order valence-electron chi connectivity index (χ4n) is 0.442. The molecule has 0 fully saturated rings. The van der Waals surface area contributed by atoms with E-state index in [1.165, 1.54) is 5.55 Å². The molecule has 8 heavy (non-hydrogen) atoms. The topological polar surface area (TPSA) is 32.6 Å². The lowest BCUT2D eigenvalue weighted by Crippen LogP contribution is -1.57. The average molecular weight is 128 g/mol. The highest BCUT2D eigenvalue weighted by atomic mass is 32.2. The van der Waals surface area contributed by atoms with Crippen molar-refractivity contribution in [2.45, 2.75) is 0 Å². The minimum absolute atomic E-state index is 0.0301. The van der Waals surface area contributed by atoms with Crippen LogP contribution in [0.3, 0.4) is 0 Å². The summed E-state index contributed by atoms with van der Waals surface area (Å²) in [5.41, 5.74) is 1.50. The zero-order valence-corrected chi connectivity index (χ0v) is 5.01. The molecule has 1 aromatic heterocycles. The van der Waals surface area contributed by atoms with Gasteiger partial charge in [0.2, 0.25) is 0 Å². The number of thiophene rings is 1. The van der Waals surface area contributed by atoms with Gasteiger partial charge in [-0.1, -0.05) is 0 Å². The predicted octanol–water partition coefficient (Wildman–Crippen LogP) is 1.70. The Balaban J connectivity index is 2.77. The first kappa shape index (κ1) is 5.31. The van der Waals surface area contributed by atoms with Gasteiger partial charge in [-0.15, -0.1) is 0 Å². The summed E-state index contributed by atoms with van der Waals surface area (Å²) in [5.74, 6) is 0. The molecule has 0 aliphatic rings. The molecule has 0 radical (unpaired) electrons. The Morgan fingerprint density at radius 3 is 2.50 bits per heavy atom. The van der Waals surface area contributed by atoms with E-state index >= 15 is 0 Å². The first-order valence-corrected chi connectivity index (χ1v) is 3.58. The maximum Gasteiger partial charge on any atom is 0.268 e. The molecule has 0 spiro atoms. The molecule has 0 aromatic carbocycles. The molecule has 0 saturated carbocycles. The van der Waals surface area contributed by atoms with Crippen LogP contribution in [0, 0.1) is 0 Å². The van der Waals surface area contributed by atoms with Crippen LogP contribution in [-0.2, 0) is 0 Å². The van der Waals surface area contributed by atoms with Crippen molar-refractivity contribution >= 4 is 16.0 Å². The van der Waals surface area contributed by atoms with Crippen LogP contribution in [-0.4, -0.2) is 10.8 Å². The Kier molecular flexibility index (Phi) is 1.64. The predicted molar refractivity (Wildman–Crippen MR) is 34.6 cm³/mol. The fraction of sp³-hybridized carbons (Fsp3) is 0. The minimum Gasteiger partial charge on any atom is -0.407 e. The van der Waals surface area contributed by atoms with Gasteiger partial charge < -0.3 is 5.21 Å². The Labute approximate surface area is 50.0 Å². The van der Waals surface area contributed by atoms with Crippen molar-refractivity contribution in [1.29, 1.82) is 0 Å². The summed E-state index contributed by atoms with van der Waals surface area (Å²) in [6.45, 7) is 0. The molecular formula is C5H6NOS+. The molecule has 2 nitrogen and oxygen atoms in total. The molecule has 0 bridgehead atoms. The van der Waals surface area contributed by atoms with E-state index in [4.69, 9.17) is 5.21 Å². The molecule has 0 saturated heterocycles. The van der Waals surface area contributed by atoms with Gasteiger partial charge in [-0.3, -0.25) is 0 Å². The van der Waals surface area contributed by atoms with Crippen LogP contribution >= 0.6 is 10.5 Å². The van der Waals surface area contributed by atoms with E-state index in [1.807, 2.05) is 22.9 Å². The van der Waals surface area contributed by atoms with Crippen LogP contribution in [0.5, 0.6) is 0 Å². The maximum absolute atomic E-state index is 8.04. The highest BCUT2D eigenvalue weighted by Crippen LogP contribution is 2.10. The quantitative estimate of drug-likeness (QED) is 0.265. The first-order valence-electron chi connectivity index (χ1n) is 2.17. The van der Waals surface area contributed by atoms with Crippen molar-refractivity contribution in [2.75, 3.05) is 0 Å². The molecule has 0 atom stereocenters. The van der Waals surface area contributed by atoms with Gasteiger partial charge in [-0.2, -0.15) is 0 Å². The molecular weight excluding hydrogens is 122 g/mol. The third-order valence-electron chi connectivity index (χ3n) is 0.751. The SMILES string of the molecule is ON=C[s+]1cccc1. The van der Waals surface area contributed by atoms with Crippen molar-refractivity contribution in [1.82, 2.24) is 0 Å². The summed E-state index contributed by atoms with van der Waals surface area (Å²) in [7, 11) is -0.0301. The van der Waals surface area contributed by atoms with Gasteiger partial charge in [0.05, 0.1) is 0 Å². The highest BCUT2D eigenvalue weighted by Gasteiger charge is 1.92. The van der Waals surface area contributed by atoms with Gasteiger partial charge in [-0.05, 0) is 17.3 Å². The molecule has 1 rings (SSSR count). The smallest absolute Gasteiger partial charge is 0.268 e. The molecule has 3 heteroatoms. The average Bonchev–Trinajstić information content (AvgIpc) is 2.19. The second-order valence-corrected chi connectivity index (χ2v) is 2.86. The Bertz CT molecular complexity index is 169. The standard InChI is InChI=1S/C5H5NOS/c7-6-5-8-3-1-2-4-8/h1-5H/p+1. The van der Waals surface area contributed by atoms with E-state index in [1.54, 1.807) is 0 Å². The van der Waals surface area contributed by atoms with E-state index in [9.17, 15) is 0 Å². The highest BCUT2D eigenvalue weighted by molar-refractivity contribution is 7.46. The van der Waals surface area contributed by atoms with Crippen LogP contribution in [0.1, 0.15) is 0 Å². The second-order valence-electron chi connectivity index (χ2n) is 1.29. The third kappa shape index (κ3) is 1.07. The molecule has 0 aliphatic heterocycles. The van der Waals surface area contributed by atoms with Crippen LogP contribution in [0.4, 0.5) is 0 Å². The van der Waals surface area contributed by atoms with Crippen LogP contribution in [0.15, 0.2) is 28.0 Å². The molecule has 1 aromatic rings. The molecule has 42 valence electrons. The normalized spacial score (nSPS) is 10.5. The van der Waals surface area contributed by atoms with Gasteiger partial charge in [0.25, 0.3) is 5.55 Å². The maximum atomic E-state index is 8.04. The summed E-state index contributed by atoms with van der Waals surface area (Å²) in [5, 5.41) is 14.9. The largest absolute Gasteiger partial charge is 0.407 e. The summed E-state index contributed by atoms with van der Waals surface area (Å²) >= 11 is 0. The summed E-state index contributed by atoms with van der Waals surface area (Å²) in [6.07, 6.45) is 0. The summed E-state index contributed by atoms with van der Waals surface area (Å²) in [6, 6.07) is 3.87. The second kappa shape index (κ2) is 2.47. The number of oxime groups is 1. The third-order valence-corrected chi connectivity index (χ3v) is 2.03. The number of nitrogens with zero attached hydrogens (tertiary/aromatic N) is 1. The van der Waals surface area contributed by atoms with Crippen molar-refractivity contribution in [3.63, 3.8) is 0 Å². The molecule has 0 unspecified atom stereocenters. The Hall–Kier alpha value is -0.830. The summed E-state index contributed by atoms with van der Waals surface area (Å²) < 4.78 is 0. The molecule has 0 amide bonds. The zero-order valence-electron chi connectivity index (χ0n) is 4.19. The lowest BCUT2D eigenvalue weighted by Gasteiger charge is -1.64. The lowest BCUT2D eigenvalue weighted by molar-refractivity contribution is 0.323. The first-order chi connectivity index (χ1) is 3.93. The van der Waals surface area contributed by atoms with Gasteiger partial charge in [0, 0.05) is 10.5 Å². The Morgan fingerprint density at radius 2 is 2.00 bits per heavy atom. The fourth-order valence-corrected chi connectivity index (χ4v) is 1.33. The molecule has 1 N–H and O–H groups in total. The minimum atomic E-state index is -0.0301. The van der Waals surface area contributed by atoms with E-state index in [0.29, 0.717) is 0 Å². The number of hydrogen-bond acceptors (Lipinski definition) is 2. The molecule has 1 heterocycles. The van der Waals surface area contributed by atoms with Gasteiger partial charge in [0.15, 0.2) is 0 Å². The van der Waals surface area contributed by atoms with Crippen molar-refractivity contribution in [3.05, 3.63) is 22.9 Å². The van der Waals surface area contributed by atoms with Gasteiger partial charge in [0.1, 0.15) is 10.8 Å². The zero-order chi connectivity index (χ0) is 5.82. The van der Waals surface area contributed by atoms with E-state index in [2.05, 4.69) is 5.16 Å². The lowest BCUT2D eigenvalue weighted by atomic mass is 10.7. The van der Waals surface area contributed by atoms with Crippen LogP contribution in [0.25, 0.3) is 0 Å². The molecule has 0 aliphatic carbocycles. The van der Waals surface area contributed by atoms with E-state index in [-0.39, 0.29) is 10.5 Å². The number of rotatable bonds is 1. The van der Waals surface area contributed by atoms with E-state index in [0.717, 1.165) is 0 Å². The van der Waals surface area contributed by atoms with Crippen LogP contribution < -0.4 is 0 Å².